The molecule has 1 heterocycles. The molecule has 1 aliphatic rings. The van der Waals surface area contributed by atoms with Crippen LogP contribution < -0.4 is 5.32 Å². The van der Waals surface area contributed by atoms with E-state index in [1.165, 1.54) is 0 Å². The van der Waals surface area contributed by atoms with Crippen molar-refractivity contribution in [3.05, 3.63) is 0 Å². The molecule has 29 heavy (non-hydrogen) atoms. The zero-order valence-corrected chi connectivity index (χ0v) is 21.0. The van der Waals surface area contributed by atoms with Crippen LogP contribution in [-0.4, -0.2) is 42.1 Å². The lowest BCUT2D eigenvalue weighted by molar-refractivity contribution is -0.129. The molecule has 0 spiro atoms. The van der Waals surface area contributed by atoms with Gasteiger partial charge in [-0.05, 0) is 39.0 Å². The average Bonchev–Trinajstić information content (AvgIpc) is 3.11. The third-order valence-corrected chi connectivity index (χ3v) is 2.56. The van der Waals surface area contributed by atoms with Gasteiger partial charge in [0, 0.05) is 13.1 Å². The van der Waals surface area contributed by atoms with Gasteiger partial charge in [-0.3, -0.25) is 4.79 Å². The summed E-state index contributed by atoms with van der Waals surface area (Å²) in [5, 5.41) is 2.48. The molecule has 1 rings (SSSR count). The van der Waals surface area contributed by atoms with Crippen LogP contribution in [0.4, 0.5) is 4.79 Å². The lowest BCUT2D eigenvalue weighted by Gasteiger charge is -2.20. The van der Waals surface area contributed by atoms with E-state index in [2.05, 4.69) is 58.7 Å². The van der Waals surface area contributed by atoms with Crippen LogP contribution in [0.5, 0.6) is 0 Å². The Morgan fingerprint density at radius 3 is 1.69 bits per heavy atom. The van der Waals surface area contributed by atoms with Gasteiger partial charge in [0.1, 0.15) is 12.1 Å². The summed E-state index contributed by atoms with van der Waals surface area (Å²) in [4.78, 5) is 24.8. The molecule has 5 nitrogen and oxygen atoms in total. The summed E-state index contributed by atoms with van der Waals surface area (Å²) in [5.74, 6) is 1.35. The van der Waals surface area contributed by atoms with Gasteiger partial charge in [0.2, 0.25) is 5.91 Å². The van der Waals surface area contributed by atoms with Crippen molar-refractivity contribution in [1.29, 1.82) is 0 Å². The van der Waals surface area contributed by atoms with Gasteiger partial charge in [-0.1, -0.05) is 55.4 Å². The molecule has 0 radical (unpaired) electrons. The first-order valence-corrected chi connectivity index (χ1v) is 10.4. The molecule has 1 fully saturated rings. The summed E-state index contributed by atoms with van der Waals surface area (Å²) < 4.78 is 5.05. The van der Waals surface area contributed by atoms with Gasteiger partial charge in [0.05, 0.1) is 0 Å². The molecule has 172 valence electrons. The highest BCUT2D eigenvalue weighted by Crippen LogP contribution is 2.14. The first-order valence-electron chi connectivity index (χ1n) is 10.4. The van der Waals surface area contributed by atoms with Crippen molar-refractivity contribution in [2.24, 2.45) is 11.8 Å². The molecule has 1 saturated heterocycles. The van der Waals surface area contributed by atoms with E-state index in [9.17, 15) is 9.59 Å². The molecule has 0 aromatic rings. The van der Waals surface area contributed by atoms with Gasteiger partial charge in [0.25, 0.3) is 0 Å². The third-order valence-electron chi connectivity index (χ3n) is 2.56. The average molecular weight is 413 g/mol. The fraction of sp³-hybridized carbons (Fsp3) is 0.750. The Balaban J connectivity index is -0.000000135. The Labute approximate surface area is 182 Å². The van der Waals surface area contributed by atoms with Crippen molar-refractivity contribution in [3.8, 4) is 25.7 Å². The van der Waals surface area contributed by atoms with Gasteiger partial charge in [-0.15, -0.1) is 25.7 Å². The summed E-state index contributed by atoms with van der Waals surface area (Å²) >= 11 is 0. The highest BCUT2D eigenvalue weighted by atomic mass is 16.6. The molecule has 5 heteroatoms. The Kier molecular flexibility index (Phi) is 33.5. The van der Waals surface area contributed by atoms with Crippen molar-refractivity contribution in [2.75, 3.05) is 19.6 Å². The molecule has 1 N–H and O–H groups in total. The van der Waals surface area contributed by atoms with Crippen LogP contribution in [0.3, 0.4) is 0 Å². The second-order valence-electron chi connectivity index (χ2n) is 7.32. The van der Waals surface area contributed by atoms with Gasteiger partial charge in [0.15, 0.2) is 0 Å². The molecular formula is C24H48N2O3. The van der Waals surface area contributed by atoms with E-state index >= 15 is 0 Å². The summed E-state index contributed by atoms with van der Waals surface area (Å²) in [6.45, 7) is 23.6. The predicted molar refractivity (Wildman–Crippen MR) is 128 cm³/mol. The molecule has 0 aromatic heterocycles. The topological polar surface area (TPSA) is 58.6 Å². The van der Waals surface area contributed by atoms with Crippen LogP contribution in [0.25, 0.3) is 0 Å². The number of carbonyl (C=O) groups is 2. The van der Waals surface area contributed by atoms with Crippen molar-refractivity contribution in [1.82, 2.24) is 10.2 Å². The maximum atomic E-state index is 11.7. The Morgan fingerprint density at radius 1 is 1.03 bits per heavy atom. The Hall–Kier alpha value is -2.14. The molecule has 0 aliphatic carbocycles. The zero-order chi connectivity index (χ0) is 24.6. The van der Waals surface area contributed by atoms with Crippen molar-refractivity contribution >= 4 is 12.0 Å². The molecule has 0 unspecified atom stereocenters. The van der Waals surface area contributed by atoms with E-state index in [4.69, 9.17) is 4.74 Å². The van der Waals surface area contributed by atoms with Crippen molar-refractivity contribution in [2.45, 2.75) is 88.2 Å². The minimum Gasteiger partial charge on any atom is -0.444 e. The summed E-state index contributed by atoms with van der Waals surface area (Å²) in [6, 6.07) is 0. The van der Waals surface area contributed by atoms with E-state index in [1.807, 2.05) is 27.7 Å². The summed E-state index contributed by atoms with van der Waals surface area (Å²) in [5.41, 5.74) is -0.532. The van der Waals surface area contributed by atoms with Gasteiger partial charge < -0.3 is 15.0 Å². The van der Waals surface area contributed by atoms with Gasteiger partial charge >= 0.3 is 6.09 Å². The fourth-order valence-corrected chi connectivity index (χ4v) is 1.74. The second-order valence-corrected chi connectivity index (χ2v) is 7.32. The monoisotopic (exact) mass is 412 g/mol. The molecular weight excluding hydrogens is 364 g/mol. The number of ether oxygens (including phenoxy) is 1. The third kappa shape index (κ3) is 33.8. The van der Waals surface area contributed by atoms with Crippen LogP contribution in [0.2, 0.25) is 0 Å². The highest BCUT2D eigenvalue weighted by Gasteiger charge is 2.24. The van der Waals surface area contributed by atoms with E-state index in [1.54, 1.807) is 25.7 Å². The van der Waals surface area contributed by atoms with Crippen LogP contribution >= 0.6 is 0 Å². The minimum absolute atomic E-state index is 0.0155. The Bertz CT molecular complexity index is 399. The molecule has 0 bridgehead atoms. The highest BCUT2D eigenvalue weighted by molar-refractivity contribution is 5.82. The fourth-order valence-electron chi connectivity index (χ4n) is 1.74. The summed E-state index contributed by atoms with van der Waals surface area (Å²) in [6.07, 6.45) is 16.5. The molecule has 0 saturated carbocycles. The lowest BCUT2D eigenvalue weighted by Crippen LogP contribution is -2.41. The molecule has 0 aromatic carbocycles. The SMILES string of the molecule is C#C.C#C.CC.CC.CC(C)C.C[C@@H]1CCN(C(=O)CNC(=O)OC(C)(C)C)C1. The minimum atomic E-state index is -0.543. The number of nitrogens with zero attached hydrogens (tertiary/aromatic N) is 1. The van der Waals surface area contributed by atoms with Crippen LogP contribution in [0.1, 0.15) is 82.6 Å². The number of rotatable bonds is 2. The zero-order valence-electron chi connectivity index (χ0n) is 21.0. The number of terminal acetylenes is 2. The van der Waals surface area contributed by atoms with Crippen LogP contribution in [0, 0.1) is 37.5 Å². The lowest BCUT2D eigenvalue weighted by atomic mass is 10.2. The standard InChI is InChI=1S/C12H22N2O3.C4H10.2C2H6.2C2H2/c1-9-5-6-14(8-9)10(15)7-13-11(16)17-12(2,3)4;1-4(2)3;4*1-2/h9H,5-8H2,1-4H3,(H,13,16);4H,1-3H3;2*1-2H3;2*1-2H/t9-;;;;;/m1...../s1. The molecule has 2 amide bonds. The largest absolute Gasteiger partial charge is 0.444 e. The smallest absolute Gasteiger partial charge is 0.408 e. The van der Waals surface area contributed by atoms with E-state index in [0.717, 1.165) is 25.4 Å². The number of nitrogens with one attached hydrogen (secondary N) is 1. The van der Waals surface area contributed by atoms with E-state index in [0.29, 0.717) is 5.92 Å². The van der Waals surface area contributed by atoms with E-state index < -0.39 is 11.7 Å². The number of amides is 2. The van der Waals surface area contributed by atoms with Crippen molar-refractivity contribution in [3.63, 3.8) is 0 Å². The predicted octanol–water partition coefficient (Wildman–Crippen LogP) is 5.59. The van der Waals surface area contributed by atoms with Gasteiger partial charge in [-0.25, -0.2) is 4.79 Å². The number of hydrogen-bond donors (Lipinski definition) is 1. The molecule has 1 atom stereocenters. The van der Waals surface area contributed by atoms with Crippen LogP contribution in [-0.2, 0) is 9.53 Å². The molecule has 1 aliphatic heterocycles. The maximum absolute atomic E-state index is 11.7. The first-order chi connectivity index (χ1) is 13.5. The second kappa shape index (κ2) is 25.9. The normalized spacial score (nSPS) is 13.7. The Morgan fingerprint density at radius 2 is 1.41 bits per heavy atom. The maximum Gasteiger partial charge on any atom is 0.408 e. The number of hydrogen-bond acceptors (Lipinski definition) is 3. The number of carbonyl (C=O) groups excluding carboxylic acids is 2. The van der Waals surface area contributed by atoms with Gasteiger partial charge in [-0.2, -0.15) is 0 Å². The van der Waals surface area contributed by atoms with Crippen LogP contribution in [0.15, 0.2) is 0 Å². The van der Waals surface area contributed by atoms with E-state index in [-0.39, 0.29) is 12.5 Å². The first kappa shape index (κ1) is 37.6. The number of alkyl carbamates (subject to hydrolysis) is 1. The quantitative estimate of drug-likeness (QED) is 0.601. The number of likely N-dealkylation sites (tertiary alicyclic amines) is 1. The summed E-state index contributed by atoms with van der Waals surface area (Å²) in [7, 11) is 0. The van der Waals surface area contributed by atoms with Crippen molar-refractivity contribution < 1.29 is 14.3 Å².